The SMILES string of the molecule is Cc1ncc(C[n+]2csc(CCN3C[C@@H](C)O[C@@H](C)C3)c2C)c(N)n1. The molecule has 6 nitrogen and oxygen atoms in total. The summed E-state index contributed by atoms with van der Waals surface area (Å²) >= 11 is 1.82. The molecule has 1 fully saturated rings. The maximum absolute atomic E-state index is 6.03. The van der Waals surface area contributed by atoms with Crippen molar-refractivity contribution in [3.05, 3.63) is 33.7 Å². The van der Waals surface area contributed by atoms with E-state index in [1.165, 1.54) is 10.6 Å². The Morgan fingerprint density at radius 1 is 1.32 bits per heavy atom. The summed E-state index contributed by atoms with van der Waals surface area (Å²) in [4.78, 5) is 12.5. The second-order valence-corrected chi connectivity index (χ2v) is 7.89. The van der Waals surface area contributed by atoms with Crippen LogP contribution >= 0.6 is 11.3 Å². The van der Waals surface area contributed by atoms with Gasteiger partial charge in [-0.25, -0.2) is 9.97 Å². The molecule has 2 atom stereocenters. The van der Waals surface area contributed by atoms with E-state index in [4.69, 9.17) is 10.5 Å². The normalized spacial score (nSPS) is 21.6. The Balaban J connectivity index is 1.63. The first kappa shape index (κ1) is 18.2. The van der Waals surface area contributed by atoms with Crippen molar-refractivity contribution in [2.75, 3.05) is 25.4 Å². The van der Waals surface area contributed by atoms with E-state index in [0.717, 1.165) is 38.2 Å². The third-order valence-corrected chi connectivity index (χ3v) is 5.81. The summed E-state index contributed by atoms with van der Waals surface area (Å²) in [6.07, 6.45) is 3.55. The highest BCUT2D eigenvalue weighted by molar-refractivity contribution is 7.09. The van der Waals surface area contributed by atoms with E-state index < -0.39 is 0 Å². The molecular formula is C18H28N5OS+. The number of nitrogens with two attached hydrogens (primary N) is 1. The molecule has 0 saturated carbocycles. The van der Waals surface area contributed by atoms with Gasteiger partial charge in [-0.1, -0.05) is 11.3 Å². The van der Waals surface area contributed by atoms with Crippen LogP contribution in [-0.4, -0.2) is 46.7 Å². The maximum Gasteiger partial charge on any atom is 0.225 e. The van der Waals surface area contributed by atoms with E-state index in [1.54, 1.807) is 0 Å². The number of ether oxygens (including phenoxy) is 1. The molecule has 136 valence electrons. The fraction of sp³-hybridized carbons (Fsp3) is 0.611. The second-order valence-electron chi connectivity index (χ2n) is 6.95. The highest BCUT2D eigenvalue weighted by atomic mass is 32.1. The molecule has 1 aliphatic rings. The summed E-state index contributed by atoms with van der Waals surface area (Å²) < 4.78 is 8.06. The molecule has 25 heavy (non-hydrogen) atoms. The number of aromatic nitrogens is 3. The Bertz CT molecular complexity index is 722. The zero-order valence-electron chi connectivity index (χ0n) is 15.5. The van der Waals surface area contributed by atoms with Crippen LogP contribution in [0.25, 0.3) is 0 Å². The fourth-order valence-electron chi connectivity index (χ4n) is 3.39. The van der Waals surface area contributed by atoms with Crippen LogP contribution in [0.4, 0.5) is 5.82 Å². The van der Waals surface area contributed by atoms with Crippen LogP contribution < -0.4 is 10.3 Å². The molecule has 0 radical (unpaired) electrons. The van der Waals surface area contributed by atoms with Crippen molar-refractivity contribution < 1.29 is 9.30 Å². The minimum Gasteiger partial charge on any atom is -0.383 e. The molecule has 2 aromatic heterocycles. The molecule has 7 heteroatoms. The zero-order chi connectivity index (χ0) is 18.0. The summed E-state index contributed by atoms with van der Waals surface area (Å²) in [7, 11) is 0. The first-order valence-electron chi connectivity index (χ1n) is 8.84. The van der Waals surface area contributed by atoms with Crippen LogP contribution in [0.3, 0.4) is 0 Å². The summed E-state index contributed by atoms with van der Waals surface area (Å²) in [5, 5.41) is 0. The lowest BCUT2D eigenvalue weighted by molar-refractivity contribution is -0.689. The van der Waals surface area contributed by atoms with Gasteiger partial charge in [0.1, 0.15) is 11.6 Å². The standard InChI is InChI=1S/C18H28N5OS/c1-12-8-22(9-13(2)24-12)6-5-17-14(3)23(11-25-17)10-16-7-20-15(4)21-18(16)19/h7,11-13H,5-6,8-10H2,1-4H3,(H2,19,20,21)/q+1/t12-,13+. The summed E-state index contributed by atoms with van der Waals surface area (Å²) in [6, 6.07) is 0. The van der Waals surface area contributed by atoms with Gasteiger partial charge in [-0.3, -0.25) is 4.90 Å². The lowest BCUT2D eigenvalue weighted by Gasteiger charge is -2.35. The zero-order valence-corrected chi connectivity index (χ0v) is 16.3. The van der Waals surface area contributed by atoms with E-state index >= 15 is 0 Å². The molecule has 0 spiro atoms. The lowest BCUT2D eigenvalue weighted by atomic mass is 10.2. The van der Waals surface area contributed by atoms with Crippen molar-refractivity contribution >= 4 is 17.2 Å². The Morgan fingerprint density at radius 2 is 2.04 bits per heavy atom. The van der Waals surface area contributed by atoms with Gasteiger partial charge in [0.25, 0.3) is 0 Å². The lowest BCUT2D eigenvalue weighted by Crippen LogP contribution is -2.46. The Labute approximate surface area is 153 Å². The van der Waals surface area contributed by atoms with Crippen molar-refractivity contribution in [3.8, 4) is 0 Å². The third kappa shape index (κ3) is 4.54. The second kappa shape index (κ2) is 7.76. The number of nitrogens with zero attached hydrogens (tertiary/aromatic N) is 4. The van der Waals surface area contributed by atoms with Gasteiger partial charge in [-0.2, -0.15) is 4.57 Å². The van der Waals surface area contributed by atoms with Crippen molar-refractivity contribution in [2.45, 2.75) is 52.9 Å². The number of hydrogen-bond acceptors (Lipinski definition) is 6. The number of morpholine rings is 1. The number of hydrogen-bond donors (Lipinski definition) is 1. The molecule has 0 aromatic carbocycles. The predicted molar refractivity (Wildman–Crippen MR) is 99.7 cm³/mol. The van der Waals surface area contributed by atoms with Gasteiger partial charge >= 0.3 is 0 Å². The Kier molecular flexibility index (Phi) is 5.66. The van der Waals surface area contributed by atoms with Crippen LogP contribution in [0.15, 0.2) is 11.7 Å². The average molecular weight is 363 g/mol. The van der Waals surface area contributed by atoms with E-state index in [2.05, 4.69) is 45.7 Å². The fourth-order valence-corrected chi connectivity index (χ4v) is 4.38. The van der Waals surface area contributed by atoms with Crippen LogP contribution in [-0.2, 0) is 17.7 Å². The van der Waals surface area contributed by atoms with Crippen LogP contribution in [0.1, 0.15) is 35.8 Å². The quantitative estimate of drug-likeness (QED) is 0.821. The van der Waals surface area contributed by atoms with Gasteiger partial charge in [0.05, 0.1) is 22.6 Å². The van der Waals surface area contributed by atoms with Gasteiger partial charge in [-0.05, 0) is 20.8 Å². The van der Waals surface area contributed by atoms with Crippen molar-refractivity contribution in [3.63, 3.8) is 0 Å². The van der Waals surface area contributed by atoms with E-state index in [-0.39, 0.29) is 0 Å². The van der Waals surface area contributed by atoms with E-state index in [9.17, 15) is 0 Å². The third-order valence-electron chi connectivity index (χ3n) is 4.67. The Morgan fingerprint density at radius 3 is 2.72 bits per heavy atom. The number of anilines is 1. The molecule has 0 unspecified atom stereocenters. The first-order chi connectivity index (χ1) is 11.9. The topological polar surface area (TPSA) is 68.2 Å². The molecular weight excluding hydrogens is 334 g/mol. The number of rotatable bonds is 5. The number of nitrogen functional groups attached to an aromatic ring is 1. The number of aryl methyl sites for hydroxylation is 1. The van der Waals surface area contributed by atoms with Crippen LogP contribution in [0, 0.1) is 13.8 Å². The summed E-state index contributed by atoms with van der Waals surface area (Å²) in [5.41, 5.74) is 10.5. The summed E-state index contributed by atoms with van der Waals surface area (Å²) in [5.74, 6) is 1.28. The molecule has 1 aliphatic heterocycles. The molecule has 0 aliphatic carbocycles. The van der Waals surface area contributed by atoms with E-state index in [1.807, 2.05) is 24.5 Å². The minimum atomic E-state index is 0.322. The van der Waals surface area contributed by atoms with Gasteiger partial charge in [-0.15, -0.1) is 0 Å². The molecule has 2 aromatic rings. The predicted octanol–water partition coefficient (Wildman–Crippen LogP) is 1.72. The van der Waals surface area contributed by atoms with Gasteiger partial charge in [0, 0.05) is 39.2 Å². The molecule has 0 amide bonds. The number of thiazole rings is 1. The van der Waals surface area contributed by atoms with Gasteiger partial charge in [0.15, 0.2) is 12.2 Å². The summed E-state index contributed by atoms with van der Waals surface area (Å²) in [6.45, 7) is 12.2. The van der Waals surface area contributed by atoms with Crippen LogP contribution in [0.2, 0.25) is 0 Å². The molecule has 3 heterocycles. The molecule has 3 rings (SSSR count). The van der Waals surface area contributed by atoms with E-state index in [0.29, 0.717) is 23.9 Å². The average Bonchev–Trinajstić information content (AvgIpc) is 2.87. The van der Waals surface area contributed by atoms with Crippen molar-refractivity contribution in [1.82, 2.24) is 14.9 Å². The molecule has 0 bridgehead atoms. The Hall–Kier alpha value is -1.57. The monoisotopic (exact) mass is 362 g/mol. The first-order valence-corrected chi connectivity index (χ1v) is 9.72. The van der Waals surface area contributed by atoms with Gasteiger partial charge < -0.3 is 10.5 Å². The highest BCUT2D eigenvalue weighted by Crippen LogP contribution is 2.16. The molecule has 2 N–H and O–H groups in total. The minimum absolute atomic E-state index is 0.322. The largest absolute Gasteiger partial charge is 0.383 e. The molecule has 1 saturated heterocycles. The highest BCUT2D eigenvalue weighted by Gasteiger charge is 2.23. The smallest absolute Gasteiger partial charge is 0.225 e. The van der Waals surface area contributed by atoms with Crippen molar-refractivity contribution in [2.24, 2.45) is 0 Å². The van der Waals surface area contributed by atoms with Crippen LogP contribution in [0.5, 0.6) is 0 Å². The maximum atomic E-state index is 6.03. The van der Waals surface area contributed by atoms with Gasteiger partial charge in [0.2, 0.25) is 5.51 Å². The van der Waals surface area contributed by atoms with Crippen molar-refractivity contribution in [1.29, 1.82) is 0 Å².